The number of hydrogen-bond acceptors (Lipinski definition) is 6. The van der Waals surface area contributed by atoms with Crippen molar-refractivity contribution in [2.45, 2.75) is 264 Å². The molecule has 1 amide bonds. The minimum absolute atomic E-state index is 0.0135. The second kappa shape index (κ2) is 42.5. The molecule has 0 saturated heterocycles. The number of aliphatic hydroxyl groups excluding tert-OH is 1. The highest BCUT2D eigenvalue weighted by molar-refractivity contribution is 7.45. The normalized spacial score (nSPS) is 14.2. The van der Waals surface area contributed by atoms with Crippen LogP contribution < -0.4 is 10.2 Å². The Morgan fingerprint density at radius 3 is 1.32 bits per heavy atom. The summed E-state index contributed by atoms with van der Waals surface area (Å²) in [7, 11) is 1.31. The van der Waals surface area contributed by atoms with E-state index in [4.69, 9.17) is 9.05 Å². The molecule has 3 atom stereocenters. The third-order valence-electron chi connectivity index (χ3n) is 11.8. The van der Waals surface area contributed by atoms with Gasteiger partial charge in [0.15, 0.2) is 0 Å². The van der Waals surface area contributed by atoms with E-state index in [1.165, 1.54) is 186 Å². The third-order valence-corrected chi connectivity index (χ3v) is 12.7. The molecule has 3 unspecified atom stereocenters. The summed E-state index contributed by atoms with van der Waals surface area (Å²) in [6, 6.07) is -0.799. The maximum Gasteiger partial charge on any atom is 0.268 e. The van der Waals surface area contributed by atoms with Crippen molar-refractivity contribution >= 4 is 13.7 Å². The Morgan fingerprint density at radius 1 is 0.576 bits per heavy atom. The number of nitrogens with zero attached hydrogens (tertiary/aromatic N) is 1. The molecular weight excluding hydrogens is 756 g/mol. The zero-order chi connectivity index (χ0) is 43.6. The zero-order valence-corrected chi connectivity index (χ0v) is 40.9. The number of carbonyl (C=O) groups excluding carboxylic acids is 1. The summed E-state index contributed by atoms with van der Waals surface area (Å²) in [5.74, 6) is -0.166. The standard InChI is InChI=1S/C50H101N2O6P/c1-6-8-10-12-14-16-18-20-22-24-25-26-28-30-32-34-36-38-40-42-44-50(54)51-48(47-58-59(55,56)57-46-45-52(3,4)5)49(53)43-41-39-37-35-33-31-29-27-23-21-19-17-15-13-11-9-7-2/h25-26,48-49,53H,6-24,27-47H2,1-5H3,(H-,51,54,55,56)/b26-25-. The van der Waals surface area contributed by atoms with Crippen LogP contribution in [0, 0.1) is 0 Å². The Kier molecular flexibility index (Phi) is 42.0. The van der Waals surface area contributed by atoms with Crippen LogP contribution in [0.3, 0.4) is 0 Å². The highest BCUT2D eigenvalue weighted by atomic mass is 31.2. The van der Waals surface area contributed by atoms with Gasteiger partial charge < -0.3 is 28.8 Å². The number of allylic oxidation sites excluding steroid dienone is 2. The number of likely N-dealkylation sites (N-methyl/N-ethyl adjacent to an activating group) is 1. The summed E-state index contributed by atoms with van der Waals surface area (Å²) >= 11 is 0. The fourth-order valence-corrected chi connectivity index (χ4v) is 8.41. The van der Waals surface area contributed by atoms with Gasteiger partial charge in [-0.1, -0.05) is 219 Å². The molecule has 0 saturated carbocycles. The number of quaternary nitrogens is 1. The van der Waals surface area contributed by atoms with Crippen LogP contribution in [0.4, 0.5) is 0 Å². The van der Waals surface area contributed by atoms with E-state index in [2.05, 4.69) is 31.3 Å². The zero-order valence-electron chi connectivity index (χ0n) is 40.0. The van der Waals surface area contributed by atoms with E-state index in [0.29, 0.717) is 23.9 Å². The van der Waals surface area contributed by atoms with Gasteiger partial charge in [-0.3, -0.25) is 9.36 Å². The molecule has 59 heavy (non-hydrogen) atoms. The topological polar surface area (TPSA) is 108 Å². The van der Waals surface area contributed by atoms with Gasteiger partial charge in [0.25, 0.3) is 7.82 Å². The molecule has 0 bridgehead atoms. The maximum atomic E-state index is 12.9. The maximum absolute atomic E-state index is 12.9. The van der Waals surface area contributed by atoms with Gasteiger partial charge in [0.1, 0.15) is 13.2 Å². The highest BCUT2D eigenvalue weighted by Crippen LogP contribution is 2.38. The van der Waals surface area contributed by atoms with Gasteiger partial charge in [0, 0.05) is 6.42 Å². The summed E-state index contributed by atoms with van der Waals surface area (Å²) in [5, 5.41) is 14.0. The molecule has 0 radical (unpaired) electrons. The molecule has 0 aliphatic carbocycles. The summed E-state index contributed by atoms with van der Waals surface area (Å²) in [5.41, 5.74) is 0. The summed E-state index contributed by atoms with van der Waals surface area (Å²) < 4.78 is 23.3. The lowest BCUT2D eigenvalue weighted by molar-refractivity contribution is -0.870. The smallest absolute Gasteiger partial charge is 0.268 e. The second-order valence-corrected chi connectivity index (χ2v) is 20.3. The molecule has 0 rings (SSSR count). The fourth-order valence-electron chi connectivity index (χ4n) is 7.68. The third kappa shape index (κ3) is 45.1. The van der Waals surface area contributed by atoms with Crippen LogP contribution in [0.1, 0.15) is 251 Å². The monoisotopic (exact) mass is 857 g/mol. The second-order valence-electron chi connectivity index (χ2n) is 18.9. The first-order valence-corrected chi connectivity index (χ1v) is 27.0. The molecule has 0 aliphatic heterocycles. The Bertz CT molecular complexity index is 974. The number of hydrogen-bond donors (Lipinski definition) is 2. The van der Waals surface area contributed by atoms with Gasteiger partial charge in [-0.25, -0.2) is 0 Å². The number of unbranched alkanes of at least 4 members (excludes halogenated alkanes) is 32. The predicted octanol–water partition coefficient (Wildman–Crippen LogP) is 14.1. The van der Waals surface area contributed by atoms with E-state index >= 15 is 0 Å². The van der Waals surface area contributed by atoms with Gasteiger partial charge in [0.05, 0.1) is 39.9 Å². The predicted molar refractivity (Wildman–Crippen MR) is 252 cm³/mol. The van der Waals surface area contributed by atoms with Crippen molar-refractivity contribution in [3.8, 4) is 0 Å². The van der Waals surface area contributed by atoms with E-state index in [-0.39, 0.29) is 19.1 Å². The number of rotatable bonds is 47. The average Bonchev–Trinajstić information content (AvgIpc) is 3.19. The molecule has 0 heterocycles. The molecule has 9 heteroatoms. The molecule has 0 aromatic heterocycles. The average molecular weight is 857 g/mol. The molecule has 0 fully saturated rings. The highest BCUT2D eigenvalue weighted by Gasteiger charge is 2.24. The first-order chi connectivity index (χ1) is 28.5. The van der Waals surface area contributed by atoms with Crippen LogP contribution in [0.5, 0.6) is 0 Å². The molecule has 8 nitrogen and oxygen atoms in total. The first kappa shape index (κ1) is 58.2. The minimum Gasteiger partial charge on any atom is -0.756 e. The lowest BCUT2D eigenvalue weighted by atomic mass is 10.0. The van der Waals surface area contributed by atoms with E-state index < -0.39 is 20.0 Å². The van der Waals surface area contributed by atoms with Crippen LogP contribution >= 0.6 is 7.82 Å². The minimum atomic E-state index is -4.57. The number of phosphoric ester groups is 1. The van der Waals surface area contributed by atoms with Crippen molar-refractivity contribution in [1.29, 1.82) is 0 Å². The number of aliphatic hydroxyl groups is 1. The van der Waals surface area contributed by atoms with Crippen molar-refractivity contribution in [3.63, 3.8) is 0 Å². The van der Waals surface area contributed by atoms with Crippen LogP contribution in [0.25, 0.3) is 0 Å². The molecular formula is C50H101N2O6P. The van der Waals surface area contributed by atoms with Crippen molar-refractivity contribution < 1.29 is 32.9 Å². The number of amides is 1. The largest absolute Gasteiger partial charge is 0.756 e. The van der Waals surface area contributed by atoms with Crippen molar-refractivity contribution in [3.05, 3.63) is 12.2 Å². The van der Waals surface area contributed by atoms with E-state index in [1.54, 1.807) is 0 Å². The number of nitrogens with one attached hydrogen (secondary N) is 1. The van der Waals surface area contributed by atoms with Crippen LogP contribution in [0.2, 0.25) is 0 Å². The van der Waals surface area contributed by atoms with E-state index in [1.807, 2.05) is 21.1 Å². The molecule has 0 aromatic rings. The SMILES string of the molecule is CCCCCCCCCCC/C=C\CCCCCCCCCC(=O)NC(COP(=O)([O-])OCC[N+](C)(C)C)C(O)CCCCCCCCCCCCCCCCCCC. The number of carbonyl (C=O) groups is 1. The van der Waals surface area contributed by atoms with Crippen LogP contribution in [-0.4, -0.2) is 68.5 Å². The molecule has 0 aromatic carbocycles. The Balaban J connectivity index is 4.25. The lowest BCUT2D eigenvalue weighted by Crippen LogP contribution is -2.46. The molecule has 0 spiro atoms. The quantitative estimate of drug-likeness (QED) is 0.0273. The Hall–Kier alpha value is -0.760. The lowest BCUT2D eigenvalue weighted by Gasteiger charge is -2.30. The summed E-state index contributed by atoms with van der Waals surface area (Å²) in [6.45, 7) is 4.75. The van der Waals surface area contributed by atoms with Gasteiger partial charge in [-0.05, 0) is 38.5 Å². The van der Waals surface area contributed by atoms with Crippen LogP contribution in [0.15, 0.2) is 12.2 Å². The fraction of sp³-hybridized carbons (Fsp3) is 0.940. The molecule has 0 aliphatic rings. The van der Waals surface area contributed by atoms with Crippen molar-refractivity contribution in [1.82, 2.24) is 5.32 Å². The van der Waals surface area contributed by atoms with Gasteiger partial charge >= 0.3 is 0 Å². The molecule has 352 valence electrons. The summed E-state index contributed by atoms with van der Waals surface area (Å²) in [4.78, 5) is 25.4. The van der Waals surface area contributed by atoms with Gasteiger partial charge in [-0.2, -0.15) is 0 Å². The van der Waals surface area contributed by atoms with Crippen molar-refractivity contribution in [2.24, 2.45) is 0 Å². The first-order valence-electron chi connectivity index (χ1n) is 25.5. The van der Waals surface area contributed by atoms with Gasteiger partial charge in [-0.15, -0.1) is 0 Å². The Morgan fingerprint density at radius 2 is 0.932 bits per heavy atom. The number of phosphoric acid groups is 1. The Labute approximate surface area is 367 Å². The van der Waals surface area contributed by atoms with Gasteiger partial charge in [0.2, 0.25) is 5.91 Å². The van der Waals surface area contributed by atoms with E-state index in [9.17, 15) is 19.4 Å². The van der Waals surface area contributed by atoms with Crippen molar-refractivity contribution in [2.75, 3.05) is 40.9 Å². The molecule has 2 N–H and O–H groups in total. The van der Waals surface area contributed by atoms with E-state index in [0.717, 1.165) is 38.5 Å². The summed E-state index contributed by atoms with van der Waals surface area (Å²) in [6.07, 6.45) is 49.3. The van der Waals surface area contributed by atoms with Crippen LogP contribution in [-0.2, 0) is 18.4 Å².